The molecule has 1 heterocycles. The van der Waals surface area contributed by atoms with Crippen LogP contribution in [0.1, 0.15) is 33.1 Å². The second-order valence-corrected chi connectivity index (χ2v) is 6.26. The molecule has 1 aliphatic rings. The number of likely N-dealkylation sites (tertiary alicyclic amines) is 1. The van der Waals surface area contributed by atoms with Gasteiger partial charge in [0.1, 0.15) is 5.75 Å². The fourth-order valence-corrected chi connectivity index (χ4v) is 2.99. The summed E-state index contributed by atoms with van der Waals surface area (Å²) in [6.07, 6.45) is 1.31. The molecule has 0 unspecified atom stereocenters. The molecule has 0 aromatic heterocycles. The van der Waals surface area contributed by atoms with Crippen LogP contribution in [-0.2, 0) is 14.3 Å². The fraction of sp³-hybridized carbons (Fsp3) is 0.556. The number of halogens is 1. The number of hydrogen-bond acceptors (Lipinski definition) is 4. The highest BCUT2D eigenvalue weighted by atomic mass is 35.5. The van der Waals surface area contributed by atoms with Crippen molar-refractivity contribution >= 4 is 23.5 Å². The van der Waals surface area contributed by atoms with E-state index in [1.165, 1.54) is 0 Å². The first-order chi connectivity index (χ1) is 11.5. The first kappa shape index (κ1) is 18.6. The molecule has 5 nitrogen and oxygen atoms in total. The van der Waals surface area contributed by atoms with Crippen LogP contribution < -0.4 is 4.74 Å². The monoisotopic (exact) mass is 353 g/mol. The van der Waals surface area contributed by atoms with E-state index in [1.807, 2.05) is 6.92 Å². The predicted octanol–water partition coefficient (Wildman–Crippen LogP) is 3.30. The number of ether oxygens (including phenoxy) is 2. The summed E-state index contributed by atoms with van der Waals surface area (Å²) in [5.74, 6) is 0.277. The molecule has 0 N–H and O–H groups in total. The molecule has 132 valence electrons. The third-order valence-corrected chi connectivity index (χ3v) is 4.38. The molecule has 0 bridgehead atoms. The topological polar surface area (TPSA) is 55.8 Å². The van der Waals surface area contributed by atoms with E-state index in [0.29, 0.717) is 49.7 Å². The molecule has 1 atom stereocenters. The maximum Gasteiger partial charge on any atom is 0.309 e. The number of nitrogens with zero attached hydrogens (tertiary/aromatic N) is 1. The van der Waals surface area contributed by atoms with Crippen LogP contribution in [0.2, 0.25) is 5.02 Å². The van der Waals surface area contributed by atoms with Gasteiger partial charge in [-0.2, -0.15) is 0 Å². The number of carbonyl (C=O) groups is 2. The summed E-state index contributed by atoms with van der Waals surface area (Å²) in [6, 6.07) is 7.04. The van der Waals surface area contributed by atoms with Gasteiger partial charge in [0, 0.05) is 18.1 Å². The normalized spacial score (nSPS) is 16.5. The number of amides is 1. The molecule has 1 aliphatic heterocycles. The SMILES string of the molecule is CCOC(=O)C1CCN(C(=O)[C@H](CC)Oc2cccc(Cl)c2)CC1. The lowest BCUT2D eigenvalue weighted by molar-refractivity contribution is -0.152. The Morgan fingerprint density at radius 1 is 1.29 bits per heavy atom. The smallest absolute Gasteiger partial charge is 0.309 e. The molecule has 6 heteroatoms. The van der Waals surface area contributed by atoms with E-state index in [0.717, 1.165) is 0 Å². The van der Waals surface area contributed by atoms with Crippen LogP contribution in [0.3, 0.4) is 0 Å². The molecule has 1 aromatic carbocycles. The lowest BCUT2D eigenvalue weighted by Gasteiger charge is -2.33. The van der Waals surface area contributed by atoms with E-state index in [9.17, 15) is 9.59 Å². The van der Waals surface area contributed by atoms with Crippen molar-refractivity contribution in [1.29, 1.82) is 0 Å². The third kappa shape index (κ3) is 4.87. The maximum absolute atomic E-state index is 12.7. The van der Waals surface area contributed by atoms with Crippen LogP contribution >= 0.6 is 11.6 Å². The summed E-state index contributed by atoms with van der Waals surface area (Å²) in [6.45, 7) is 5.22. The highest BCUT2D eigenvalue weighted by molar-refractivity contribution is 6.30. The zero-order chi connectivity index (χ0) is 17.5. The maximum atomic E-state index is 12.7. The number of benzene rings is 1. The van der Waals surface area contributed by atoms with Gasteiger partial charge in [0.25, 0.3) is 5.91 Å². The molecule has 1 saturated heterocycles. The molecule has 2 rings (SSSR count). The van der Waals surface area contributed by atoms with Crippen LogP contribution in [0.25, 0.3) is 0 Å². The lowest BCUT2D eigenvalue weighted by atomic mass is 9.96. The van der Waals surface area contributed by atoms with Gasteiger partial charge >= 0.3 is 5.97 Å². The molecule has 1 amide bonds. The quantitative estimate of drug-likeness (QED) is 0.736. The second kappa shape index (κ2) is 8.92. The summed E-state index contributed by atoms with van der Waals surface area (Å²) in [5.41, 5.74) is 0. The first-order valence-electron chi connectivity index (χ1n) is 8.42. The van der Waals surface area contributed by atoms with Crippen molar-refractivity contribution < 1.29 is 19.1 Å². The number of piperidine rings is 1. The first-order valence-corrected chi connectivity index (χ1v) is 8.80. The molecule has 0 radical (unpaired) electrons. The fourth-order valence-electron chi connectivity index (χ4n) is 2.81. The molecule has 0 spiro atoms. The molecule has 1 aromatic rings. The van der Waals surface area contributed by atoms with E-state index < -0.39 is 6.10 Å². The Labute approximate surface area is 147 Å². The number of rotatable bonds is 6. The van der Waals surface area contributed by atoms with Gasteiger partial charge in [-0.05, 0) is 44.4 Å². The number of hydrogen-bond donors (Lipinski definition) is 0. The zero-order valence-electron chi connectivity index (χ0n) is 14.2. The van der Waals surface area contributed by atoms with Crippen LogP contribution in [0.4, 0.5) is 0 Å². The lowest BCUT2D eigenvalue weighted by Crippen LogP contribution is -2.46. The van der Waals surface area contributed by atoms with Gasteiger partial charge < -0.3 is 14.4 Å². The Morgan fingerprint density at radius 2 is 2.00 bits per heavy atom. The summed E-state index contributed by atoms with van der Waals surface area (Å²) in [4.78, 5) is 26.2. The Balaban J connectivity index is 1.91. The number of carbonyl (C=O) groups excluding carboxylic acids is 2. The van der Waals surface area contributed by atoms with Gasteiger partial charge in [-0.3, -0.25) is 9.59 Å². The Morgan fingerprint density at radius 3 is 2.58 bits per heavy atom. The van der Waals surface area contributed by atoms with Crippen molar-refractivity contribution in [2.45, 2.75) is 39.2 Å². The summed E-state index contributed by atoms with van der Waals surface area (Å²) in [7, 11) is 0. The largest absolute Gasteiger partial charge is 0.481 e. The average Bonchev–Trinajstić information content (AvgIpc) is 2.59. The van der Waals surface area contributed by atoms with Gasteiger partial charge in [-0.15, -0.1) is 0 Å². The van der Waals surface area contributed by atoms with Crippen molar-refractivity contribution in [3.05, 3.63) is 29.3 Å². The van der Waals surface area contributed by atoms with Crippen molar-refractivity contribution in [3.8, 4) is 5.75 Å². The highest BCUT2D eigenvalue weighted by Crippen LogP contribution is 2.23. The molecular weight excluding hydrogens is 330 g/mol. The molecule has 0 aliphatic carbocycles. The Hall–Kier alpha value is -1.75. The van der Waals surface area contributed by atoms with Crippen molar-refractivity contribution in [2.75, 3.05) is 19.7 Å². The van der Waals surface area contributed by atoms with Crippen LogP contribution in [0.15, 0.2) is 24.3 Å². The zero-order valence-corrected chi connectivity index (χ0v) is 14.9. The third-order valence-electron chi connectivity index (χ3n) is 4.15. The van der Waals surface area contributed by atoms with E-state index >= 15 is 0 Å². The predicted molar refractivity (Wildman–Crippen MR) is 92.1 cm³/mol. The van der Waals surface area contributed by atoms with Gasteiger partial charge in [0.2, 0.25) is 0 Å². The van der Waals surface area contributed by atoms with Crippen LogP contribution in [-0.4, -0.2) is 42.6 Å². The minimum Gasteiger partial charge on any atom is -0.481 e. The Kier molecular flexibility index (Phi) is 6.91. The summed E-state index contributed by atoms with van der Waals surface area (Å²) in [5, 5.41) is 0.574. The van der Waals surface area contributed by atoms with Crippen molar-refractivity contribution in [1.82, 2.24) is 4.90 Å². The van der Waals surface area contributed by atoms with Gasteiger partial charge in [0.05, 0.1) is 12.5 Å². The van der Waals surface area contributed by atoms with Crippen LogP contribution in [0.5, 0.6) is 5.75 Å². The molecule has 0 saturated carbocycles. The Bertz CT molecular complexity index is 570. The van der Waals surface area contributed by atoms with E-state index in [4.69, 9.17) is 21.1 Å². The standard InChI is InChI=1S/C18H24ClNO4/c1-3-16(24-15-7-5-6-14(19)12-15)17(21)20-10-8-13(9-11-20)18(22)23-4-2/h5-7,12-13,16H,3-4,8-11H2,1-2H3/t16-/m0/s1. The van der Waals surface area contributed by atoms with Crippen LogP contribution in [0, 0.1) is 5.92 Å². The van der Waals surface area contributed by atoms with Crippen molar-refractivity contribution in [2.24, 2.45) is 5.92 Å². The second-order valence-electron chi connectivity index (χ2n) is 5.82. The highest BCUT2D eigenvalue weighted by Gasteiger charge is 2.31. The van der Waals surface area contributed by atoms with Crippen molar-refractivity contribution in [3.63, 3.8) is 0 Å². The van der Waals surface area contributed by atoms with E-state index in [2.05, 4.69) is 0 Å². The molecule has 24 heavy (non-hydrogen) atoms. The summed E-state index contributed by atoms with van der Waals surface area (Å²) < 4.78 is 10.9. The minimum absolute atomic E-state index is 0.0419. The van der Waals surface area contributed by atoms with E-state index in [-0.39, 0.29) is 17.8 Å². The van der Waals surface area contributed by atoms with E-state index in [1.54, 1.807) is 36.1 Å². The van der Waals surface area contributed by atoms with Gasteiger partial charge in [-0.1, -0.05) is 24.6 Å². The summed E-state index contributed by atoms with van der Waals surface area (Å²) >= 11 is 5.95. The minimum atomic E-state index is -0.539. The molecular formula is C18H24ClNO4. The van der Waals surface area contributed by atoms with Gasteiger partial charge in [0.15, 0.2) is 6.10 Å². The average molecular weight is 354 g/mol. The van der Waals surface area contributed by atoms with Gasteiger partial charge in [-0.25, -0.2) is 0 Å². The number of esters is 1. The molecule has 1 fully saturated rings.